The van der Waals surface area contributed by atoms with E-state index in [1.807, 2.05) is 83.5 Å². The van der Waals surface area contributed by atoms with Crippen LogP contribution in [-0.2, 0) is 4.79 Å². The van der Waals surface area contributed by atoms with Crippen LogP contribution in [-0.4, -0.2) is 27.8 Å². The van der Waals surface area contributed by atoms with E-state index < -0.39 is 5.25 Å². The summed E-state index contributed by atoms with van der Waals surface area (Å²) in [6.07, 6.45) is 2.24. The summed E-state index contributed by atoms with van der Waals surface area (Å²) >= 11 is 1.37. The van der Waals surface area contributed by atoms with Crippen molar-refractivity contribution >= 4 is 23.4 Å². The summed E-state index contributed by atoms with van der Waals surface area (Å²) in [5.74, 6) is 1.94. The molecule has 1 unspecified atom stereocenters. The number of amides is 1. The molecule has 0 bridgehead atoms. The van der Waals surface area contributed by atoms with Crippen LogP contribution in [0.3, 0.4) is 0 Å². The molecule has 1 saturated carbocycles. The lowest BCUT2D eigenvalue weighted by Crippen LogP contribution is -2.19. The zero-order chi connectivity index (χ0) is 22.6. The monoisotopic (exact) mass is 456 g/mol. The Labute approximate surface area is 197 Å². The lowest BCUT2D eigenvalue weighted by atomic mass is 10.1. The smallest absolute Gasteiger partial charge is 0.242 e. The Balaban J connectivity index is 1.45. The molecule has 33 heavy (non-hydrogen) atoms. The molecule has 1 atom stereocenters. The third-order valence-corrected chi connectivity index (χ3v) is 6.56. The molecule has 1 heterocycles. The van der Waals surface area contributed by atoms with Crippen LogP contribution >= 0.6 is 11.8 Å². The minimum atomic E-state index is -0.504. The van der Waals surface area contributed by atoms with Crippen LogP contribution in [0.15, 0.2) is 90.1 Å². The van der Waals surface area contributed by atoms with E-state index >= 15 is 0 Å². The summed E-state index contributed by atoms with van der Waals surface area (Å²) < 4.78 is 7.20. The zero-order valence-corrected chi connectivity index (χ0v) is 19.0. The number of anilines is 1. The van der Waals surface area contributed by atoms with E-state index in [1.54, 1.807) is 13.2 Å². The zero-order valence-electron chi connectivity index (χ0n) is 18.2. The summed E-state index contributed by atoms with van der Waals surface area (Å²) in [7, 11) is 1.61. The van der Waals surface area contributed by atoms with E-state index in [1.165, 1.54) is 11.8 Å². The first-order valence-electron chi connectivity index (χ1n) is 10.9. The van der Waals surface area contributed by atoms with Crippen molar-refractivity contribution in [2.45, 2.75) is 29.2 Å². The van der Waals surface area contributed by atoms with Gasteiger partial charge in [-0.05, 0) is 42.7 Å². The minimum absolute atomic E-state index is 0.136. The van der Waals surface area contributed by atoms with Gasteiger partial charge in [-0.15, -0.1) is 5.10 Å². The maximum Gasteiger partial charge on any atom is 0.242 e. The topological polar surface area (TPSA) is 69.0 Å². The number of thioether (sulfide) groups is 1. The molecule has 6 nitrogen and oxygen atoms in total. The largest absolute Gasteiger partial charge is 0.497 e. The number of nitrogens with zero attached hydrogens (tertiary/aromatic N) is 3. The molecule has 7 heteroatoms. The van der Waals surface area contributed by atoms with Crippen LogP contribution < -0.4 is 10.1 Å². The Morgan fingerprint density at radius 3 is 2.45 bits per heavy atom. The Morgan fingerprint density at radius 2 is 1.76 bits per heavy atom. The second kappa shape index (κ2) is 9.50. The van der Waals surface area contributed by atoms with Gasteiger partial charge in [0, 0.05) is 17.7 Å². The van der Waals surface area contributed by atoms with Crippen molar-refractivity contribution in [2.24, 2.45) is 0 Å². The van der Waals surface area contributed by atoms with Gasteiger partial charge in [0.05, 0.1) is 12.8 Å². The number of carbonyl (C=O) groups excluding carboxylic acids is 1. The lowest BCUT2D eigenvalue weighted by Gasteiger charge is -2.16. The van der Waals surface area contributed by atoms with Gasteiger partial charge in [-0.3, -0.25) is 4.79 Å². The lowest BCUT2D eigenvalue weighted by molar-refractivity contribution is -0.115. The fraction of sp³-hybridized carbons (Fsp3) is 0.192. The molecule has 0 aliphatic heterocycles. The van der Waals surface area contributed by atoms with Crippen molar-refractivity contribution in [3.63, 3.8) is 0 Å². The molecule has 0 spiro atoms. The number of rotatable bonds is 8. The second-order valence-corrected chi connectivity index (χ2v) is 8.98. The van der Waals surface area contributed by atoms with Crippen molar-refractivity contribution in [1.82, 2.24) is 14.8 Å². The highest BCUT2D eigenvalue weighted by molar-refractivity contribution is 8.00. The summed E-state index contributed by atoms with van der Waals surface area (Å²) in [5.41, 5.74) is 2.56. The van der Waals surface area contributed by atoms with Gasteiger partial charge < -0.3 is 10.1 Å². The van der Waals surface area contributed by atoms with E-state index in [9.17, 15) is 4.79 Å². The third-order valence-electron chi connectivity index (χ3n) is 5.46. The predicted molar refractivity (Wildman–Crippen MR) is 130 cm³/mol. The molecule has 1 aromatic heterocycles. The average molecular weight is 457 g/mol. The van der Waals surface area contributed by atoms with Gasteiger partial charge in [0.15, 0.2) is 0 Å². The highest BCUT2D eigenvalue weighted by Crippen LogP contribution is 2.42. The highest BCUT2D eigenvalue weighted by atomic mass is 32.2. The normalized spacial score (nSPS) is 14.0. The third kappa shape index (κ3) is 4.93. The number of benzene rings is 3. The van der Waals surface area contributed by atoms with Crippen LogP contribution in [0.25, 0.3) is 5.69 Å². The van der Waals surface area contributed by atoms with E-state index in [2.05, 4.69) is 5.32 Å². The van der Waals surface area contributed by atoms with Gasteiger partial charge in [-0.2, -0.15) is 0 Å². The van der Waals surface area contributed by atoms with Crippen molar-refractivity contribution in [3.8, 4) is 11.4 Å². The molecule has 166 valence electrons. The average Bonchev–Trinajstić information content (AvgIpc) is 3.63. The van der Waals surface area contributed by atoms with Gasteiger partial charge in [0.25, 0.3) is 0 Å². The molecule has 0 saturated heterocycles. The van der Waals surface area contributed by atoms with Gasteiger partial charge in [-0.1, -0.05) is 66.4 Å². The Hall–Kier alpha value is -3.58. The maximum atomic E-state index is 13.4. The molecular formula is C26H24N4O2S. The molecular weight excluding hydrogens is 432 g/mol. The minimum Gasteiger partial charge on any atom is -0.497 e. The Bertz CT molecular complexity index is 1240. The molecule has 5 rings (SSSR count). The van der Waals surface area contributed by atoms with Gasteiger partial charge in [-0.25, -0.2) is 9.67 Å². The second-order valence-electron chi connectivity index (χ2n) is 7.90. The molecule has 4 aromatic rings. The summed E-state index contributed by atoms with van der Waals surface area (Å²) in [6, 6.07) is 27.1. The van der Waals surface area contributed by atoms with Crippen LogP contribution in [0.1, 0.15) is 35.4 Å². The standard InChI is InChI=1S/C26H24N4O2S/c1-32-22-14-8-11-20(17-22)27-25(31)23(18-9-4-2-5-10-18)33-26-28-24(19-15-16-19)30(29-26)21-12-6-3-7-13-21/h2-14,17,19,23H,15-16H2,1H3,(H,27,31). The van der Waals surface area contributed by atoms with E-state index in [0.29, 0.717) is 22.5 Å². The molecule has 1 aliphatic carbocycles. The van der Waals surface area contributed by atoms with Gasteiger partial charge in [0.1, 0.15) is 16.8 Å². The van der Waals surface area contributed by atoms with Crippen molar-refractivity contribution < 1.29 is 9.53 Å². The Morgan fingerprint density at radius 1 is 1.03 bits per heavy atom. The first-order valence-corrected chi connectivity index (χ1v) is 11.8. The van der Waals surface area contributed by atoms with Crippen LogP contribution in [0.4, 0.5) is 5.69 Å². The molecule has 3 aromatic carbocycles. The highest BCUT2D eigenvalue weighted by Gasteiger charge is 2.32. The Kier molecular flexibility index (Phi) is 6.13. The number of carbonyl (C=O) groups is 1. The number of ether oxygens (including phenoxy) is 1. The SMILES string of the molecule is COc1cccc(NC(=O)C(Sc2nc(C3CC3)n(-c3ccccc3)n2)c2ccccc2)c1. The van der Waals surface area contributed by atoms with E-state index in [0.717, 1.165) is 29.9 Å². The van der Waals surface area contributed by atoms with Gasteiger partial charge in [0.2, 0.25) is 11.1 Å². The fourth-order valence-corrected chi connectivity index (χ4v) is 4.58. The summed E-state index contributed by atoms with van der Waals surface area (Å²) in [4.78, 5) is 18.2. The predicted octanol–water partition coefficient (Wildman–Crippen LogP) is 5.63. The van der Waals surface area contributed by atoms with Crippen LogP contribution in [0.2, 0.25) is 0 Å². The maximum absolute atomic E-state index is 13.4. The molecule has 0 radical (unpaired) electrons. The number of aromatic nitrogens is 3. The number of hydrogen-bond acceptors (Lipinski definition) is 5. The molecule has 1 fully saturated rings. The van der Waals surface area contributed by atoms with Crippen molar-refractivity contribution in [3.05, 3.63) is 96.3 Å². The number of methoxy groups -OCH3 is 1. The first kappa shape index (κ1) is 21.3. The van der Waals surface area contributed by atoms with Crippen LogP contribution in [0, 0.1) is 0 Å². The van der Waals surface area contributed by atoms with E-state index in [4.69, 9.17) is 14.8 Å². The van der Waals surface area contributed by atoms with Crippen molar-refractivity contribution in [2.75, 3.05) is 12.4 Å². The van der Waals surface area contributed by atoms with Crippen molar-refractivity contribution in [1.29, 1.82) is 0 Å². The molecule has 1 amide bonds. The van der Waals surface area contributed by atoms with Crippen LogP contribution in [0.5, 0.6) is 5.75 Å². The number of hydrogen-bond donors (Lipinski definition) is 1. The summed E-state index contributed by atoms with van der Waals surface area (Å²) in [6.45, 7) is 0. The van der Waals surface area contributed by atoms with Gasteiger partial charge >= 0.3 is 0 Å². The number of nitrogens with one attached hydrogen (secondary N) is 1. The summed E-state index contributed by atoms with van der Waals surface area (Å²) in [5, 5.41) is 7.90. The number of para-hydroxylation sites is 1. The quantitative estimate of drug-likeness (QED) is 0.348. The first-order chi connectivity index (χ1) is 16.2. The molecule has 1 aliphatic rings. The van der Waals surface area contributed by atoms with E-state index in [-0.39, 0.29) is 5.91 Å². The fourth-order valence-electron chi connectivity index (χ4n) is 3.63. The molecule has 1 N–H and O–H groups in total.